The first-order chi connectivity index (χ1) is 9.45. The molecule has 4 rings (SSSR count). The van der Waals surface area contributed by atoms with Gasteiger partial charge in [-0.1, -0.05) is 0 Å². The van der Waals surface area contributed by atoms with Crippen molar-refractivity contribution in [2.75, 3.05) is 0 Å². The van der Waals surface area contributed by atoms with E-state index in [0.29, 0.717) is 0 Å². The normalized spacial score (nSPS) is 11.2. The molecule has 0 amide bonds. The quantitative estimate of drug-likeness (QED) is 0.433. The van der Waals surface area contributed by atoms with E-state index in [1.54, 1.807) is 10.4 Å². The van der Waals surface area contributed by atoms with Gasteiger partial charge in [-0.25, -0.2) is 0 Å². The van der Waals surface area contributed by atoms with Gasteiger partial charge in [-0.05, 0) is 0 Å². The zero-order valence-electron chi connectivity index (χ0n) is 10.4. The van der Waals surface area contributed by atoms with Gasteiger partial charge in [-0.2, -0.15) is 0 Å². The minimum atomic E-state index is -1.60. The molecule has 0 spiro atoms. The topological polar surface area (TPSA) is 0 Å². The minimum absolute atomic E-state index is 1.46. The maximum absolute atomic E-state index is 2.33. The van der Waals surface area contributed by atoms with Gasteiger partial charge in [0.05, 0.1) is 0 Å². The van der Waals surface area contributed by atoms with Crippen molar-refractivity contribution in [3.05, 3.63) is 78.9 Å². The van der Waals surface area contributed by atoms with Crippen LogP contribution in [0.15, 0.2) is 78.9 Å². The van der Waals surface area contributed by atoms with E-state index < -0.39 is 19.1 Å². The molecule has 1 heterocycles. The van der Waals surface area contributed by atoms with E-state index in [1.807, 2.05) is 0 Å². The molecule has 0 radical (unpaired) electrons. The molecule has 0 bridgehead atoms. The van der Waals surface area contributed by atoms with Gasteiger partial charge < -0.3 is 0 Å². The molecular formula is C18H13Te+. The summed E-state index contributed by atoms with van der Waals surface area (Å²) in [6.45, 7) is 0. The van der Waals surface area contributed by atoms with E-state index in [9.17, 15) is 0 Å². The predicted molar refractivity (Wildman–Crippen MR) is 84.3 cm³/mol. The summed E-state index contributed by atoms with van der Waals surface area (Å²) in [6, 6.07) is 28.9. The molecule has 19 heavy (non-hydrogen) atoms. The van der Waals surface area contributed by atoms with Crippen molar-refractivity contribution in [2.24, 2.45) is 0 Å². The predicted octanol–water partition coefficient (Wildman–Crippen LogP) is 4.73. The van der Waals surface area contributed by atoms with Gasteiger partial charge in [-0.15, -0.1) is 0 Å². The van der Waals surface area contributed by atoms with E-state index in [-0.39, 0.29) is 0 Å². The second-order valence-corrected chi connectivity index (χ2v) is 10.2. The zero-order valence-corrected chi connectivity index (χ0v) is 12.7. The molecule has 0 unspecified atom stereocenters. The summed E-state index contributed by atoms with van der Waals surface area (Å²) in [6.07, 6.45) is 0. The van der Waals surface area contributed by atoms with Crippen LogP contribution in [-0.2, 0) is 0 Å². The fourth-order valence-electron chi connectivity index (χ4n) is 2.66. The summed E-state index contributed by atoms with van der Waals surface area (Å²) in [5.74, 6) is 0. The number of hydrogen-bond acceptors (Lipinski definition) is 0. The van der Waals surface area contributed by atoms with Crippen LogP contribution in [0.4, 0.5) is 0 Å². The van der Waals surface area contributed by atoms with Gasteiger partial charge in [0.1, 0.15) is 0 Å². The molecule has 0 atom stereocenters. The molecule has 0 N–H and O–H groups in total. The molecule has 0 saturated heterocycles. The van der Waals surface area contributed by atoms with E-state index >= 15 is 0 Å². The molecule has 90 valence electrons. The average molecular weight is 357 g/mol. The third kappa shape index (κ3) is 1.74. The summed E-state index contributed by atoms with van der Waals surface area (Å²) in [5.41, 5.74) is 0. The van der Waals surface area contributed by atoms with E-state index in [0.717, 1.165) is 0 Å². The van der Waals surface area contributed by atoms with Crippen molar-refractivity contribution < 1.29 is 0 Å². The Bertz CT molecular complexity index is 803. The number of fused-ring (bicyclic) bond motifs is 3. The van der Waals surface area contributed by atoms with E-state index in [2.05, 4.69) is 78.9 Å². The molecular weight excluding hydrogens is 344 g/mol. The Morgan fingerprint density at radius 1 is 0.474 bits per heavy atom. The van der Waals surface area contributed by atoms with Crippen molar-refractivity contribution in [3.63, 3.8) is 0 Å². The summed E-state index contributed by atoms with van der Waals surface area (Å²) in [7, 11) is 0. The second-order valence-electron chi connectivity index (χ2n) is 4.61. The van der Waals surface area contributed by atoms with Crippen molar-refractivity contribution >= 4 is 36.6 Å². The standard InChI is InChI=1S/C18H13Te/c1-2-8-14(9-3-1)19-17-12-6-4-10-15(17)16-11-5-7-13-18(16)19/h1-13H/q+1. The Morgan fingerprint density at radius 3 is 1.53 bits per heavy atom. The Morgan fingerprint density at radius 2 is 0.947 bits per heavy atom. The van der Waals surface area contributed by atoms with E-state index in [4.69, 9.17) is 0 Å². The van der Waals surface area contributed by atoms with Crippen LogP contribution in [0.25, 0.3) is 21.2 Å². The molecule has 0 nitrogen and oxygen atoms in total. The van der Waals surface area contributed by atoms with Crippen LogP contribution in [0, 0.1) is 0 Å². The molecule has 0 aliphatic heterocycles. The summed E-state index contributed by atoms with van der Waals surface area (Å²) in [5, 5.41) is 2.91. The van der Waals surface area contributed by atoms with Gasteiger partial charge in [0.15, 0.2) is 0 Å². The van der Waals surface area contributed by atoms with Crippen LogP contribution in [0.2, 0.25) is 0 Å². The van der Waals surface area contributed by atoms with Gasteiger partial charge in [0.2, 0.25) is 0 Å². The summed E-state index contributed by atoms with van der Waals surface area (Å²) >= 11 is -1.60. The molecule has 1 heteroatoms. The number of benzene rings is 3. The Labute approximate surface area is 119 Å². The molecule has 3 aromatic carbocycles. The van der Waals surface area contributed by atoms with Crippen molar-refractivity contribution in [3.8, 4) is 3.61 Å². The zero-order chi connectivity index (χ0) is 12.7. The molecule has 0 aliphatic rings. The van der Waals surface area contributed by atoms with E-state index in [1.165, 1.54) is 10.8 Å². The fraction of sp³-hybridized carbons (Fsp3) is 0. The Balaban J connectivity index is 2.24. The van der Waals surface area contributed by atoms with Crippen LogP contribution in [0.1, 0.15) is 0 Å². The summed E-state index contributed by atoms with van der Waals surface area (Å²) in [4.78, 5) is 0. The summed E-state index contributed by atoms with van der Waals surface area (Å²) < 4.78 is 4.74. The van der Waals surface area contributed by atoms with Crippen LogP contribution in [0.5, 0.6) is 0 Å². The van der Waals surface area contributed by atoms with Gasteiger partial charge in [-0.3, -0.25) is 0 Å². The maximum atomic E-state index is 2.33. The monoisotopic (exact) mass is 359 g/mol. The fourth-order valence-corrected chi connectivity index (χ4v) is 9.51. The molecule has 0 aliphatic carbocycles. The molecule has 0 fully saturated rings. The van der Waals surface area contributed by atoms with Crippen LogP contribution in [-0.4, -0.2) is 19.1 Å². The SMILES string of the molecule is c1ccc(-[te+]2c3ccccc3c3ccccc32)cc1. The van der Waals surface area contributed by atoms with Gasteiger partial charge in [0.25, 0.3) is 0 Å². The molecule has 1 aromatic heterocycles. The first kappa shape index (κ1) is 11.3. The number of hydrogen-bond donors (Lipinski definition) is 0. The van der Waals surface area contributed by atoms with Crippen molar-refractivity contribution in [1.29, 1.82) is 0 Å². The third-order valence-electron chi connectivity index (χ3n) is 3.48. The second kappa shape index (κ2) is 4.53. The van der Waals surface area contributed by atoms with Gasteiger partial charge >= 0.3 is 119 Å². The van der Waals surface area contributed by atoms with Crippen LogP contribution < -0.4 is 0 Å². The molecule has 0 saturated carbocycles. The van der Waals surface area contributed by atoms with Crippen LogP contribution in [0.3, 0.4) is 0 Å². The Hall–Kier alpha value is -1.55. The Kier molecular flexibility index (Phi) is 2.69. The molecule has 4 aromatic rings. The number of rotatable bonds is 1. The first-order valence-electron chi connectivity index (χ1n) is 6.43. The average Bonchev–Trinajstić information content (AvgIpc) is 2.83. The van der Waals surface area contributed by atoms with Crippen molar-refractivity contribution in [2.45, 2.75) is 0 Å². The van der Waals surface area contributed by atoms with Crippen LogP contribution >= 0.6 is 0 Å². The third-order valence-corrected chi connectivity index (χ3v) is 10.1. The van der Waals surface area contributed by atoms with Crippen molar-refractivity contribution in [1.82, 2.24) is 0 Å². The van der Waals surface area contributed by atoms with Gasteiger partial charge in [0, 0.05) is 0 Å². The first-order valence-corrected chi connectivity index (χ1v) is 9.92.